The van der Waals surface area contributed by atoms with Crippen LogP contribution in [0, 0.1) is 0 Å². The highest BCUT2D eigenvalue weighted by molar-refractivity contribution is 6.02. The molecule has 1 amide bonds. The van der Waals surface area contributed by atoms with Crippen LogP contribution in [0.3, 0.4) is 0 Å². The van der Waals surface area contributed by atoms with E-state index in [-0.39, 0.29) is 6.04 Å². The maximum absolute atomic E-state index is 12.9. The molecule has 0 aliphatic carbocycles. The Bertz CT molecular complexity index is 941. The molecule has 1 fully saturated rings. The maximum Gasteiger partial charge on any atom is 0.294 e. The minimum atomic E-state index is -2.88. The second kappa shape index (κ2) is 7.89. The summed E-state index contributed by atoms with van der Waals surface area (Å²) in [6, 6.07) is 11.9. The van der Waals surface area contributed by atoms with E-state index in [1.165, 1.54) is 5.56 Å². The number of amides is 1. The van der Waals surface area contributed by atoms with Crippen LogP contribution in [0.4, 0.5) is 14.6 Å². The Hall–Kier alpha value is -3.07. The molecule has 0 saturated carbocycles. The number of halogens is 2. The van der Waals surface area contributed by atoms with Crippen LogP contribution in [0.25, 0.3) is 0 Å². The monoisotopic (exact) mass is 387 g/mol. The highest BCUT2D eigenvalue weighted by Crippen LogP contribution is 2.27. The average Bonchev–Trinajstić information content (AvgIpc) is 3.42. The number of anilines is 1. The number of hydrogen-bond donors (Lipinski definition) is 1. The van der Waals surface area contributed by atoms with Crippen molar-refractivity contribution >= 4 is 11.7 Å². The molecule has 1 aliphatic rings. The van der Waals surface area contributed by atoms with Gasteiger partial charge in [-0.25, -0.2) is 18.4 Å². The van der Waals surface area contributed by atoms with Crippen molar-refractivity contribution in [2.24, 2.45) is 0 Å². The number of oxazole rings is 1. The molecule has 1 aliphatic heterocycles. The lowest BCUT2D eigenvalue weighted by Crippen LogP contribution is -2.23. The Balaban J connectivity index is 1.43. The van der Waals surface area contributed by atoms with Crippen molar-refractivity contribution in [3.05, 3.63) is 66.0 Å². The van der Waals surface area contributed by atoms with Crippen molar-refractivity contribution in [1.82, 2.24) is 19.7 Å². The van der Waals surface area contributed by atoms with Gasteiger partial charge in [0.15, 0.2) is 12.1 Å². The van der Waals surface area contributed by atoms with Crippen LogP contribution in [0.5, 0.6) is 0 Å². The van der Waals surface area contributed by atoms with Crippen LogP contribution < -0.4 is 5.32 Å². The van der Waals surface area contributed by atoms with Gasteiger partial charge in [0.05, 0.1) is 12.2 Å². The summed E-state index contributed by atoms with van der Waals surface area (Å²) >= 11 is 0. The van der Waals surface area contributed by atoms with E-state index in [9.17, 15) is 13.6 Å². The van der Waals surface area contributed by atoms with E-state index < -0.39 is 23.8 Å². The lowest BCUT2D eigenvalue weighted by molar-refractivity contribution is 0.0975. The van der Waals surface area contributed by atoms with Crippen LogP contribution in [-0.4, -0.2) is 38.7 Å². The van der Waals surface area contributed by atoms with Gasteiger partial charge in [0, 0.05) is 25.7 Å². The van der Waals surface area contributed by atoms with E-state index in [4.69, 9.17) is 4.42 Å². The van der Waals surface area contributed by atoms with Crippen molar-refractivity contribution < 1.29 is 18.0 Å². The minimum Gasteiger partial charge on any atom is -0.438 e. The van der Waals surface area contributed by atoms with Gasteiger partial charge in [0.2, 0.25) is 5.76 Å². The molecule has 1 N–H and O–H groups in total. The Morgan fingerprint density at radius 1 is 1.29 bits per heavy atom. The third-order valence-corrected chi connectivity index (χ3v) is 4.76. The van der Waals surface area contributed by atoms with E-state index in [1.54, 1.807) is 16.9 Å². The largest absolute Gasteiger partial charge is 0.438 e. The number of aromatic nitrogens is 3. The summed E-state index contributed by atoms with van der Waals surface area (Å²) in [6.45, 7) is 2.53. The van der Waals surface area contributed by atoms with E-state index >= 15 is 0 Å². The number of alkyl halides is 2. The summed E-state index contributed by atoms with van der Waals surface area (Å²) < 4.78 is 32.4. The van der Waals surface area contributed by atoms with Crippen molar-refractivity contribution in [3.8, 4) is 0 Å². The molecule has 1 unspecified atom stereocenters. The Morgan fingerprint density at radius 3 is 2.89 bits per heavy atom. The van der Waals surface area contributed by atoms with Crippen molar-refractivity contribution in [3.63, 3.8) is 0 Å². The maximum atomic E-state index is 12.9. The highest BCUT2D eigenvalue weighted by Gasteiger charge is 2.28. The second-order valence-corrected chi connectivity index (χ2v) is 6.65. The molecule has 0 radical (unpaired) electrons. The van der Waals surface area contributed by atoms with E-state index in [0.717, 1.165) is 32.4 Å². The highest BCUT2D eigenvalue weighted by atomic mass is 19.3. The van der Waals surface area contributed by atoms with E-state index in [0.29, 0.717) is 5.82 Å². The molecule has 0 bridgehead atoms. The molecular weight excluding hydrogens is 368 g/mol. The fourth-order valence-corrected chi connectivity index (χ4v) is 3.45. The molecule has 3 heterocycles. The van der Waals surface area contributed by atoms with Gasteiger partial charge in [-0.05, 0) is 12.0 Å². The summed E-state index contributed by atoms with van der Waals surface area (Å²) in [4.78, 5) is 18.1. The quantitative estimate of drug-likeness (QED) is 0.701. The molecule has 9 heteroatoms. The number of rotatable bonds is 6. The zero-order valence-electron chi connectivity index (χ0n) is 15.0. The van der Waals surface area contributed by atoms with Crippen molar-refractivity contribution in [1.29, 1.82) is 0 Å². The third-order valence-electron chi connectivity index (χ3n) is 4.76. The van der Waals surface area contributed by atoms with Crippen molar-refractivity contribution in [2.45, 2.75) is 25.4 Å². The zero-order chi connectivity index (χ0) is 19.5. The van der Waals surface area contributed by atoms with Gasteiger partial charge in [0.25, 0.3) is 12.3 Å². The number of carbonyl (C=O) groups is 1. The molecule has 1 aromatic carbocycles. The number of benzene rings is 1. The summed E-state index contributed by atoms with van der Waals surface area (Å²) in [7, 11) is 0. The normalized spacial score (nSPS) is 17.3. The SMILES string of the molecule is O=C(Nc1ccnn1C1CCN(Cc2ccccc2)C1)c1ocnc1C(F)F. The van der Waals surface area contributed by atoms with Gasteiger partial charge in [-0.1, -0.05) is 30.3 Å². The van der Waals surface area contributed by atoms with Crippen LogP contribution >= 0.6 is 0 Å². The lowest BCUT2D eigenvalue weighted by Gasteiger charge is -2.17. The van der Waals surface area contributed by atoms with Crippen LogP contribution in [0.15, 0.2) is 53.4 Å². The first-order valence-corrected chi connectivity index (χ1v) is 8.94. The predicted octanol–water partition coefficient (Wildman–Crippen LogP) is 3.51. The molecule has 4 rings (SSSR count). The predicted molar refractivity (Wildman–Crippen MR) is 97.0 cm³/mol. The summed E-state index contributed by atoms with van der Waals surface area (Å²) in [6.07, 6.45) is 0.406. The number of nitrogens with zero attached hydrogens (tertiary/aromatic N) is 4. The molecule has 7 nitrogen and oxygen atoms in total. The molecule has 146 valence electrons. The third kappa shape index (κ3) is 3.79. The number of likely N-dealkylation sites (tertiary alicyclic amines) is 1. The average molecular weight is 387 g/mol. The second-order valence-electron chi connectivity index (χ2n) is 6.65. The summed E-state index contributed by atoms with van der Waals surface area (Å²) in [5.41, 5.74) is 0.570. The standard InChI is InChI=1S/C19H19F2N5O2/c20-18(21)16-17(28-12-22-16)19(27)24-15-6-8-23-26(15)14-7-9-25(11-14)10-13-4-2-1-3-5-13/h1-6,8,12,14,18H,7,9-11H2,(H,24,27). The van der Waals surface area contributed by atoms with Gasteiger partial charge in [0.1, 0.15) is 5.82 Å². The fourth-order valence-electron chi connectivity index (χ4n) is 3.45. The molecule has 2 aromatic heterocycles. The fraction of sp³-hybridized carbons (Fsp3) is 0.316. The zero-order valence-corrected chi connectivity index (χ0v) is 15.0. The van der Waals surface area contributed by atoms with Crippen LogP contribution in [0.2, 0.25) is 0 Å². The van der Waals surface area contributed by atoms with Crippen LogP contribution in [-0.2, 0) is 6.54 Å². The van der Waals surface area contributed by atoms with Crippen LogP contribution in [0.1, 0.15) is 40.7 Å². The smallest absolute Gasteiger partial charge is 0.294 e. The Morgan fingerprint density at radius 2 is 2.11 bits per heavy atom. The van der Waals surface area contributed by atoms with Gasteiger partial charge in [-0.3, -0.25) is 9.69 Å². The number of nitrogens with one attached hydrogen (secondary N) is 1. The van der Waals surface area contributed by atoms with Gasteiger partial charge in [-0.2, -0.15) is 5.10 Å². The van der Waals surface area contributed by atoms with E-state index in [2.05, 4.69) is 32.4 Å². The van der Waals surface area contributed by atoms with Gasteiger partial charge in [-0.15, -0.1) is 0 Å². The Labute approximate surface area is 160 Å². The van der Waals surface area contributed by atoms with E-state index in [1.807, 2.05) is 18.2 Å². The summed E-state index contributed by atoms with van der Waals surface area (Å²) in [5.74, 6) is -0.818. The molecule has 28 heavy (non-hydrogen) atoms. The first-order valence-electron chi connectivity index (χ1n) is 8.94. The lowest BCUT2D eigenvalue weighted by atomic mass is 10.2. The molecule has 3 aromatic rings. The van der Waals surface area contributed by atoms with Gasteiger partial charge < -0.3 is 9.73 Å². The number of carbonyl (C=O) groups excluding carboxylic acids is 1. The molecule has 0 spiro atoms. The molecule has 1 atom stereocenters. The first-order chi connectivity index (χ1) is 13.6. The molecule has 1 saturated heterocycles. The number of hydrogen-bond acceptors (Lipinski definition) is 5. The Kier molecular flexibility index (Phi) is 5.16. The summed E-state index contributed by atoms with van der Waals surface area (Å²) in [5, 5.41) is 6.92. The van der Waals surface area contributed by atoms with Gasteiger partial charge >= 0.3 is 0 Å². The first kappa shape index (κ1) is 18.3. The molecular formula is C19H19F2N5O2. The minimum absolute atomic E-state index is 0.0818. The topological polar surface area (TPSA) is 76.2 Å². The van der Waals surface area contributed by atoms with Crippen molar-refractivity contribution in [2.75, 3.05) is 18.4 Å².